The number of nitrogens with zero attached hydrogens (tertiary/aromatic N) is 2. The molecule has 2 fully saturated rings. The van der Waals surface area contributed by atoms with Crippen molar-refractivity contribution in [3.8, 4) is 0 Å². The lowest BCUT2D eigenvalue weighted by Gasteiger charge is -2.29. The van der Waals surface area contributed by atoms with Crippen LogP contribution in [0, 0.1) is 0 Å². The molecule has 2 saturated heterocycles. The molecule has 2 aliphatic heterocycles. The fraction of sp³-hybridized carbons (Fsp3) is 0.778. The number of carboxylic acids is 1. The van der Waals surface area contributed by atoms with Crippen LogP contribution in [-0.2, 0) is 9.59 Å². The zero-order valence-corrected chi connectivity index (χ0v) is 8.43. The first-order valence-corrected chi connectivity index (χ1v) is 5.17. The first-order chi connectivity index (χ1) is 7.11. The molecule has 84 valence electrons. The Kier molecular flexibility index (Phi) is 2.62. The molecule has 0 aliphatic carbocycles. The molecule has 0 aromatic heterocycles. The van der Waals surface area contributed by atoms with Gasteiger partial charge in [0.25, 0.3) is 5.91 Å². The predicted octanol–water partition coefficient (Wildman–Crippen LogP) is -0.990. The summed E-state index contributed by atoms with van der Waals surface area (Å²) in [6.45, 7) is 1.36. The van der Waals surface area contributed by atoms with Crippen LogP contribution < -0.4 is 5.73 Å². The normalized spacial score (nSPS) is 32.6. The molecule has 3 N–H and O–H groups in total. The van der Waals surface area contributed by atoms with Crippen LogP contribution in [0.15, 0.2) is 0 Å². The first kappa shape index (κ1) is 10.4. The maximum absolute atomic E-state index is 11.8. The van der Waals surface area contributed by atoms with E-state index in [0.717, 1.165) is 13.0 Å². The standard InChI is InChI=1S/C9H15N3O3/c10-6-2-1-4-11-5-3-7(9(14)15)12(11)8(6)13/h6-7H,1-5,10H2,(H,14,15)/t6?,7-/m0/s1. The molecule has 1 amide bonds. The lowest BCUT2D eigenvalue weighted by atomic mass is 10.1. The van der Waals surface area contributed by atoms with Gasteiger partial charge in [-0.05, 0) is 19.3 Å². The first-order valence-electron chi connectivity index (χ1n) is 5.17. The second-order valence-corrected chi connectivity index (χ2v) is 4.03. The van der Waals surface area contributed by atoms with Crippen LogP contribution in [0.2, 0.25) is 0 Å². The number of rotatable bonds is 1. The third-order valence-electron chi connectivity index (χ3n) is 3.02. The summed E-state index contributed by atoms with van der Waals surface area (Å²) in [4.78, 5) is 22.8. The van der Waals surface area contributed by atoms with Crippen LogP contribution in [0.3, 0.4) is 0 Å². The van der Waals surface area contributed by atoms with E-state index < -0.39 is 18.1 Å². The summed E-state index contributed by atoms with van der Waals surface area (Å²) in [6.07, 6.45) is 1.97. The van der Waals surface area contributed by atoms with Crippen molar-refractivity contribution in [2.75, 3.05) is 13.1 Å². The van der Waals surface area contributed by atoms with Gasteiger partial charge >= 0.3 is 5.97 Å². The number of hydrazine groups is 1. The fourth-order valence-corrected chi connectivity index (χ4v) is 2.23. The van der Waals surface area contributed by atoms with Gasteiger partial charge in [-0.2, -0.15) is 0 Å². The SMILES string of the molecule is NC1CCCN2CC[C@@H](C(=O)O)N2C1=O. The molecule has 0 aromatic rings. The summed E-state index contributed by atoms with van der Waals surface area (Å²) in [5.74, 6) is -1.20. The maximum atomic E-state index is 11.8. The van der Waals surface area contributed by atoms with Gasteiger partial charge in [0.05, 0.1) is 6.04 Å². The third-order valence-corrected chi connectivity index (χ3v) is 3.02. The van der Waals surface area contributed by atoms with Crippen molar-refractivity contribution in [2.45, 2.75) is 31.3 Å². The number of carbonyl (C=O) groups is 2. The van der Waals surface area contributed by atoms with E-state index in [1.807, 2.05) is 5.01 Å². The Balaban J connectivity index is 2.23. The Morgan fingerprint density at radius 2 is 2.13 bits per heavy atom. The zero-order chi connectivity index (χ0) is 11.0. The van der Waals surface area contributed by atoms with Crippen molar-refractivity contribution in [1.82, 2.24) is 10.0 Å². The minimum atomic E-state index is -0.944. The number of hydrogen-bond donors (Lipinski definition) is 2. The molecule has 0 aromatic carbocycles. The predicted molar refractivity (Wildman–Crippen MR) is 51.7 cm³/mol. The molecule has 6 nitrogen and oxygen atoms in total. The summed E-state index contributed by atoms with van der Waals surface area (Å²) in [6, 6.07) is -1.27. The number of carbonyl (C=O) groups excluding carboxylic acids is 1. The molecule has 2 aliphatic rings. The van der Waals surface area contributed by atoms with Crippen molar-refractivity contribution >= 4 is 11.9 Å². The molecule has 0 spiro atoms. The van der Waals surface area contributed by atoms with Gasteiger partial charge in [0, 0.05) is 13.1 Å². The molecule has 1 unspecified atom stereocenters. The minimum absolute atomic E-state index is 0.252. The average Bonchev–Trinajstić information content (AvgIpc) is 2.55. The summed E-state index contributed by atoms with van der Waals surface area (Å²) in [7, 11) is 0. The number of aliphatic carboxylic acids is 1. The highest BCUT2D eigenvalue weighted by molar-refractivity contribution is 5.87. The van der Waals surface area contributed by atoms with Gasteiger partial charge in [-0.15, -0.1) is 0 Å². The smallest absolute Gasteiger partial charge is 0.328 e. The van der Waals surface area contributed by atoms with Crippen LogP contribution in [0.4, 0.5) is 0 Å². The molecule has 0 radical (unpaired) electrons. The quantitative estimate of drug-likeness (QED) is 0.584. The number of fused-ring (bicyclic) bond motifs is 1. The van der Waals surface area contributed by atoms with Crippen LogP contribution in [0.1, 0.15) is 19.3 Å². The van der Waals surface area contributed by atoms with Crippen molar-refractivity contribution in [1.29, 1.82) is 0 Å². The fourth-order valence-electron chi connectivity index (χ4n) is 2.23. The van der Waals surface area contributed by atoms with Gasteiger partial charge < -0.3 is 10.8 Å². The number of carboxylic acid groups (broad SMARTS) is 1. The zero-order valence-electron chi connectivity index (χ0n) is 8.43. The van der Waals surface area contributed by atoms with E-state index in [9.17, 15) is 9.59 Å². The molecule has 2 heterocycles. The van der Waals surface area contributed by atoms with E-state index in [4.69, 9.17) is 10.8 Å². The van der Waals surface area contributed by atoms with Crippen molar-refractivity contribution in [3.05, 3.63) is 0 Å². The molecular formula is C9H15N3O3. The number of nitrogens with two attached hydrogens (primary N) is 1. The molecule has 0 bridgehead atoms. The minimum Gasteiger partial charge on any atom is -0.480 e. The van der Waals surface area contributed by atoms with E-state index in [1.54, 1.807) is 0 Å². The molecule has 15 heavy (non-hydrogen) atoms. The molecule has 6 heteroatoms. The molecule has 2 atom stereocenters. The largest absolute Gasteiger partial charge is 0.480 e. The Hall–Kier alpha value is -1.14. The summed E-state index contributed by atoms with van der Waals surface area (Å²) in [5, 5.41) is 12.1. The number of hydrogen-bond acceptors (Lipinski definition) is 4. The van der Waals surface area contributed by atoms with Gasteiger partial charge in [0.15, 0.2) is 0 Å². The third kappa shape index (κ3) is 1.70. The monoisotopic (exact) mass is 213 g/mol. The highest BCUT2D eigenvalue weighted by Crippen LogP contribution is 2.23. The summed E-state index contributed by atoms with van der Waals surface area (Å²) < 4.78 is 0. The van der Waals surface area contributed by atoms with Crippen molar-refractivity contribution < 1.29 is 14.7 Å². The maximum Gasteiger partial charge on any atom is 0.328 e. The van der Waals surface area contributed by atoms with Crippen LogP contribution in [0.5, 0.6) is 0 Å². The van der Waals surface area contributed by atoms with Gasteiger partial charge in [0.1, 0.15) is 6.04 Å². The van der Waals surface area contributed by atoms with E-state index in [-0.39, 0.29) is 5.91 Å². The summed E-state index contributed by atoms with van der Waals surface area (Å²) >= 11 is 0. The second-order valence-electron chi connectivity index (χ2n) is 4.03. The average molecular weight is 213 g/mol. The Morgan fingerprint density at radius 3 is 2.80 bits per heavy atom. The van der Waals surface area contributed by atoms with E-state index >= 15 is 0 Å². The van der Waals surface area contributed by atoms with E-state index in [2.05, 4.69) is 0 Å². The molecule has 0 saturated carbocycles. The van der Waals surface area contributed by atoms with E-state index in [1.165, 1.54) is 5.01 Å². The Bertz CT molecular complexity index is 294. The van der Waals surface area contributed by atoms with Gasteiger partial charge in [-0.25, -0.2) is 9.80 Å². The van der Waals surface area contributed by atoms with Crippen LogP contribution >= 0.6 is 0 Å². The van der Waals surface area contributed by atoms with Gasteiger partial charge in [-0.3, -0.25) is 9.80 Å². The van der Waals surface area contributed by atoms with E-state index in [0.29, 0.717) is 19.4 Å². The molecule has 2 rings (SSSR count). The Morgan fingerprint density at radius 1 is 1.40 bits per heavy atom. The van der Waals surface area contributed by atoms with Crippen LogP contribution in [-0.4, -0.2) is 52.2 Å². The van der Waals surface area contributed by atoms with Gasteiger partial charge in [-0.1, -0.05) is 0 Å². The van der Waals surface area contributed by atoms with Gasteiger partial charge in [0.2, 0.25) is 0 Å². The second kappa shape index (κ2) is 3.79. The van der Waals surface area contributed by atoms with Crippen molar-refractivity contribution in [3.63, 3.8) is 0 Å². The van der Waals surface area contributed by atoms with Crippen molar-refractivity contribution in [2.24, 2.45) is 5.73 Å². The number of amides is 1. The van der Waals surface area contributed by atoms with Crippen LogP contribution in [0.25, 0.3) is 0 Å². The lowest BCUT2D eigenvalue weighted by molar-refractivity contribution is -0.159. The lowest BCUT2D eigenvalue weighted by Crippen LogP contribution is -2.52. The highest BCUT2D eigenvalue weighted by atomic mass is 16.4. The molecular weight excluding hydrogens is 198 g/mol. The summed E-state index contributed by atoms with van der Waals surface area (Å²) in [5.41, 5.74) is 5.69. The Labute approximate surface area is 87.6 Å². The topological polar surface area (TPSA) is 86.9 Å². The highest BCUT2D eigenvalue weighted by Gasteiger charge is 2.42.